The second kappa shape index (κ2) is 6.59. The lowest BCUT2D eigenvalue weighted by Gasteiger charge is -2.36. The van der Waals surface area contributed by atoms with Crippen LogP contribution < -0.4 is 5.32 Å². The van der Waals surface area contributed by atoms with Gasteiger partial charge in [-0.3, -0.25) is 0 Å². The van der Waals surface area contributed by atoms with Crippen molar-refractivity contribution < 1.29 is 9.32 Å². The third-order valence-electron chi connectivity index (χ3n) is 3.54. The molecule has 2 heterocycles. The largest absolute Gasteiger partial charge is 0.364 e. The van der Waals surface area contributed by atoms with Crippen LogP contribution in [-0.4, -0.2) is 28.7 Å². The first-order chi connectivity index (χ1) is 9.16. The molecule has 2 rings (SSSR count). The summed E-state index contributed by atoms with van der Waals surface area (Å²) >= 11 is 0. The molecule has 5 heteroatoms. The lowest BCUT2D eigenvalue weighted by atomic mass is 9.94. The summed E-state index contributed by atoms with van der Waals surface area (Å²) < 4.78 is 4.75. The van der Waals surface area contributed by atoms with Gasteiger partial charge in [0, 0.05) is 18.7 Å². The van der Waals surface area contributed by atoms with Crippen LogP contribution in [0.1, 0.15) is 45.2 Å². The zero-order valence-electron chi connectivity index (χ0n) is 11.8. The standard InChI is InChI=1S/C14H23N3O2/c1-11(2)9-13-5-3-4-7-17(13)14(18)15-10-12-6-8-19-16-12/h6,8,11,13H,3-5,7,9-10H2,1-2H3,(H,15,18). The predicted octanol–water partition coefficient (Wildman–Crippen LogP) is 2.78. The summed E-state index contributed by atoms with van der Waals surface area (Å²) in [4.78, 5) is 14.2. The number of piperidine rings is 1. The minimum atomic E-state index is 0.0216. The van der Waals surface area contributed by atoms with Crippen molar-refractivity contribution in [2.45, 2.75) is 52.1 Å². The van der Waals surface area contributed by atoms with Gasteiger partial charge in [0.2, 0.25) is 0 Å². The van der Waals surface area contributed by atoms with E-state index >= 15 is 0 Å². The maximum absolute atomic E-state index is 12.2. The van der Waals surface area contributed by atoms with Crippen molar-refractivity contribution in [3.63, 3.8) is 0 Å². The Bertz CT molecular complexity index is 389. The van der Waals surface area contributed by atoms with E-state index in [0.717, 1.165) is 31.5 Å². The monoisotopic (exact) mass is 265 g/mol. The SMILES string of the molecule is CC(C)CC1CCCCN1C(=O)NCc1ccon1. The second-order valence-electron chi connectivity index (χ2n) is 5.62. The highest BCUT2D eigenvalue weighted by Gasteiger charge is 2.26. The molecule has 106 valence electrons. The van der Waals surface area contributed by atoms with Gasteiger partial charge in [-0.05, 0) is 31.6 Å². The van der Waals surface area contributed by atoms with Crippen molar-refractivity contribution in [2.75, 3.05) is 6.54 Å². The average Bonchev–Trinajstić information content (AvgIpc) is 2.89. The van der Waals surface area contributed by atoms with Gasteiger partial charge in [0.15, 0.2) is 0 Å². The van der Waals surface area contributed by atoms with E-state index < -0.39 is 0 Å². The molecule has 1 saturated heterocycles. The highest BCUT2D eigenvalue weighted by atomic mass is 16.5. The Labute approximate surface area is 114 Å². The Morgan fingerprint density at radius 1 is 1.58 bits per heavy atom. The lowest BCUT2D eigenvalue weighted by Crippen LogP contribution is -2.48. The van der Waals surface area contributed by atoms with Crippen molar-refractivity contribution in [1.29, 1.82) is 0 Å². The van der Waals surface area contributed by atoms with Gasteiger partial charge in [-0.1, -0.05) is 19.0 Å². The van der Waals surface area contributed by atoms with Crippen LogP contribution in [-0.2, 0) is 6.54 Å². The fraction of sp³-hybridized carbons (Fsp3) is 0.714. The summed E-state index contributed by atoms with van der Waals surface area (Å²) in [6.45, 7) is 5.71. The first-order valence-electron chi connectivity index (χ1n) is 7.10. The number of likely N-dealkylation sites (tertiary alicyclic amines) is 1. The van der Waals surface area contributed by atoms with Crippen molar-refractivity contribution in [3.8, 4) is 0 Å². The molecule has 1 aromatic heterocycles. The first-order valence-corrected chi connectivity index (χ1v) is 7.10. The highest BCUT2D eigenvalue weighted by molar-refractivity contribution is 5.74. The molecule has 1 fully saturated rings. The number of urea groups is 1. The van der Waals surface area contributed by atoms with Gasteiger partial charge in [0.1, 0.15) is 12.0 Å². The number of hydrogen-bond donors (Lipinski definition) is 1. The minimum Gasteiger partial charge on any atom is -0.364 e. The molecule has 0 aromatic carbocycles. The van der Waals surface area contributed by atoms with E-state index in [1.807, 2.05) is 4.90 Å². The van der Waals surface area contributed by atoms with Crippen LogP contribution in [0, 0.1) is 5.92 Å². The van der Waals surface area contributed by atoms with E-state index in [9.17, 15) is 4.79 Å². The molecular weight excluding hydrogens is 242 g/mol. The molecule has 0 aliphatic carbocycles. The lowest BCUT2D eigenvalue weighted by molar-refractivity contribution is 0.139. The van der Waals surface area contributed by atoms with Crippen LogP contribution in [0.25, 0.3) is 0 Å². The molecule has 1 aromatic rings. The van der Waals surface area contributed by atoms with Crippen LogP contribution in [0.3, 0.4) is 0 Å². The Balaban J connectivity index is 1.87. The Morgan fingerprint density at radius 3 is 3.11 bits per heavy atom. The Kier molecular flexibility index (Phi) is 4.82. The van der Waals surface area contributed by atoms with Crippen LogP contribution in [0.15, 0.2) is 16.9 Å². The molecule has 1 unspecified atom stereocenters. The number of aromatic nitrogens is 1. The molecular formula is C14H23N3O2. The van der Waals surface area contributed by atoms with Crippen molar-refractivity contribution in [3.05, 3.63) is 18.0 Å². The van der Waals surface area contributed by atoms with Gasteiger partial charge < -0.3 is 14.7 Å². The number of nitrogens with one attached hydrogen (secondary N) is 1. The molecule has 0 spiro atoms. The fourth-order valence-electron chi connectivity index (χ4n) is 2.65. The quantitative estimate of drug-likeness (QED) is 0.910. The average molecular weight is 265 g/mol. The summed E-state index contributed by atoms with van der Waals surface area (Å²) in [6.07, 6.45) is 6.05. The van der Waals surface area contributed by atoms with Crippen LogP contribution in [0.4, 0.5) is 4.79 Å². The molecule has 0 bridgehead atoms. The van der Waals surface area contributed by atoms with E-state index in [4.69, 9.17) is 4.52 Å². The van der Waals surface area contributed by atoms with Gasteiger partial charge in [-0.2, -0.15) is 0 Å². The number of hydrogen-bond acceptors (Lipinski definition) is 3. The van der Waals surface area contributed by atoms with Gasteiger partial charge in [0.05, 0.1) is 6.54 Å². The van der Waals surface area contributed by atoms with Gasteiger partial charge in [-0.25, -0.2) is 4.79 Å². The zero-order chi connectivity index (χ0) is 13.7. The normalized spacial score (nSPS) is 19.7. The molecule has 2 amide bonds. The molecule has 0 radical (unpaired) electrons. The van der Waals surface area contributed by atoms with Crippen molar-refractivity contribution in [1.82, 2.24) is 15.4 Å². The summed E-state index contributed by atoms with van der Waals surface area (Å²) in [6, 6.07) is 2.17. The summed E-state index contributed by atoms with van der Waals surface area (Å²) in [5, 5.41) is 6.71. The Morgan fingerprint density at radius 2 is 2.42 bits per heavy atom. The van der Waals surface area contributed by atoms with Gasteiger partial charge in [-0.15, -0.1) is 0 Å². The van der Waals surface area contributed by atoms with E-state index in [1.54, 1.807) is 6.07 Å². The van der Waals surface area contributed by atoms with Gasteiger partial charge in [0.25, 0.3) is 0 Å². The van der Waals surface area contributed by atoms with Crippen molar-refractivity contribution in [2.24, 2.45) is 5.92 Å². The number of nitrogens with zero attached hydrogens (tertiary/aromatic N) is 2. The number of carbonyl (C=O) groups is 1. The molecule has 1 N–H and O–H groups in total. The maximum Gasteiger partial charge on any atom is 0.317 e. The molecule has 0 saturated carbocycles. The van der Waals surface area contributed by atoms with E-state index in [1.165, 1.54) is 12.7 Å². The summed E-state index contributed by atoms with van der Waals surface area (Å²) in [5.74, 6) is 0.619. The van der Waals surface area contributed by atoms with E-state index in [-0.39, 0.29) is 6.03 Å². The molecule has 5 nitrogen and oxygen atoms in total. The topological polar surface area (TPSA) is 58.4 Å². The second-order valence-corrected chi connectivity index (χ2v) is 5.62. The molecule has 1 atom stereocenters. The smallest absolute Gasteiger partial charge is 0.317 e. The number of carbonyl (C=O) groups excluding carboxylic acids is 1. The van der Waals surface area contributed by atoms with Gasteiger partial charge >= 0.3 is 6.03 Å². The predicted molar refractivity (Wildman–Crippen MR) is 72.5 cm³/mol. The number of rotatable bonds is 4. The molecule has 1 aliphatic rings. The summed E-state index contributed by atoms with van der Waals surface area (Å²) in [7, 11) is 0. The number of amides is 2. The minimum absolute atomic E-state index is 0.0216. The van der Waals surface area contributed by atoms with Crippen molar-refractivity contribution >= 4 is 6.03 Å². The van der Waals surface area contributed by atoms with Crippen LogP contribution in [0.2, 0.25) is 0 Å². The zero-order valence-corrected chi connectivity index (χ0v) is 11.8. The van der Waals surface area contributed by atoms with E-state index in [2.05, 4.69) is 24.3 Å². The molecule has 1 aliphatic heterocycles. The first kappa shape index (κ1) is 13.9. The third-order valence-corrected chi connectivity index (χ3v) is 3.54. The van der Waals surface area contributed by atoms with Crippen LogP contribution >= 0.6 is 0 Å². The van der Waals surface area contributed by atoms with Crippen LogP contribution in [0.5, 0.6) is 0 Å². The third kappa shape index (κ3) is 3.98. The fourth-order valence-corrected chi connectivity index (χ4v) is 2.65. The molecule has 19 heavy (non-hydrogen) atoms. The summed E-state index contributed by atoms with van der Waals surface area (Å²) in [5.41, 5.74) is 0.755. The Hall–Kier alpha value is -1.52. The highest BCUT2D eigenvalue weighted by Crippen LogP contribution is 2.22. The van der Waals surface area contributed by atoms with E-state index in [0.29, 0.717) is 18.5 Å². The maximum atomic E-state index is 12.2.